The van der Waals surface area contributed by atoms with Crippen molar-refractivity contribution >= 4 is 18.2 Å². The Morgan fingerprint density at radius 2 is 1.70 bits per heavy atom. The first kappa shape index (κ1) is 18.0. The minimum atomic E-state index is -0.750. The summed E-state index contributed by atoms with van der Waals surface area (Å²) in [7, 11) is 2.50. The molecule has 0 heterocycles. The summed E-state index contributed by atoms with van der Waals surface area (Å²) in [4.78, 5) is 33.6. The van der Waals surface area contributed by atoms with Crippen molar-refractivity contribution in [1.82, 2.24) is 10.6 Å². The number of hydrogen-bond donors (Lipinski definition) is 2. The van der Waals surface area contributed by atoms with E-state index in [1.165, 1.54) is 14.2 Å². The van der Waals surface area contributed by atoms with E-state index in [2.05, 4.69) is 20.1 Å². The lowest BCUT2D eigenvalue weighted by Crippen LogP contribution is -2.41. The van der Waals surface area contributed by atoms with E-state index in [0.717, 1.165) is 0 Å². The number of rotatable bonds is 8. The molecule has 0 bridgehead atoms. The fourth-order valence-electron chi connectivity index (χ4n) is 1.43. The average Bonchev–Trinajstić information content (AvgIpc) is 2.45. The maximum atomic E-state index is 11.6. The quantitative estimate of drug-likeness (QED) is 0.389. The number of esters is 1. The summed E-state index contributed by atoms with van der Waals surface area (Å²) in [6.07, 6.45) is 0.484. The van der Waals surface area contributed by atoms with Crippen molar-refractivity contribution in [2.75, 3.05) is 27.4 Å². The van der Waals surface area contributed by atoms with Gasteiger partial charge in [0, 0.05) is 6.54 Å². The van der Waals surface area contributed by atoms with E-state index >= 15 is 0 Å². The predicted octanol–water partition coefficient (Wildman–Crippen LogP) is 0.800. The summed E-state index contributed by atoms with van der Waals surface area (Å²) in [6, 6.07) is -0.750. The number of alkyl carbamates (subject to hydrolysis) is 2. The molecule has 0 saturated carbocycles. The first-order chi connectivity index (χ1) is 9.54. The van der Waals surface area contributed by atoms with Crippen LogP contribution in [0.2, 0.25) is 0 Å². The summed E-state index contributed by atoms with van der Waals surface area (Å²) in [5.41, 5.74) is 0. The minimum absolute atomic E-state index is 0.238. The van der Waals surface area contributed by atoms with Crippen LogP contribution in [0.15, 0.2) is 0 Å². The van der Waals surface area contributed by atoms with E-state index in [9.17, 15) is 14.4 Å². The molecule has 2 N–H and O–H groups in total. The van der Waals surface area contributed by atoms with E-state index in [-0.39, 0.29) is 6.61 Å². The van der Waals surface area contributed by atoms with Crippen molar-refractivity contribution in [3.05, 3.63) is 0 Å². The number of hydrogen-bond acceptors (Lipinski definition) is 6. The van der Waals surface area contributed by atoms with Crippen molar-refractivity contribution in [2.24, 2.45) is 0 Å². The van der Waals surface area contributed by atoms with Gasteiger partial charge in [-0.3, -0.25) is 0 Å². The van der Waals surface area contributed by atoms with Crippen molar-refractivity contribution in [2.45, 2.75) is 32.2 Å². The highest BCUT2D eigenvalue weighted by molar-refractivity contribution is 5.81. The van der Waals surface area contributed by atoms with Gasteiger partial charge in [0.05, 0.1) is 20.8 Å². The second kappa shape index (κ2) is 10.9. The Kier molecular flexibility index (Phi) is 9.81. The molecule has 0 aromatic carbocycles. The molecule has 8 nitrogen and oxygen atoms in total. The zero-order valence-corrected chi connectivity index (χ0v) is 12.1. The molecule has 0 aliphatic heterocycles. The third-order valence-corrected chi connectivity index (χ3v) is 2.42. The number of amides is 2. The fraction of sp³-hybridized carbons (Fsp3) is 0.750. The monoisotopic (exact) mass is 290 g/mol. The molecule has 0 spiro atoms. The largest absolute Gasteiger partial charge is 0.464 e. The van der Waals surface area contributed by atoms with E-state index < -0.39 is 24.2 Å². The van der Waals surface area contributed by atoms with Crippen molar-refractivity contribution < 1.29 is 28.6 Å². The molecule has 2 amide bonds. The molecular weight excluding hydrogens is 268 g/mol. The average molecular weight is 290 g/mol. The maximum Gasteiger partial charge on any atom is 0.407 e. The molecule has 0 radical (unpaired) electrons. The van der Waals surface area contributed by atoms with Gasteiger partial charge in [0.2, 0.25) is 0 Å². The molecule has 0 rings (SSSR count). The minimum Gasteiger partial charge on any atom is -0.464 e. The Morgan fingerprint density at radius 3 is 2.25 bits per heavy atom. The standard InChI is InChI=1S/C12H22N2O6/c1-4-20-10(15)9(14-12(17)19-3)7-5-6-8-13-11(16)18-2/h9H,4-8H2,1-3H3,(H,13,16)(H,14,17)/t9-/m0/s1. The lowest BCUT2D eigenvalue weighted by molar-refractivity contribution is -0.145. The Labute approximate surface area is 118 Å². The fourth-order valence-corrected chi connectivity index (χ4v) is 1.43. The topological polar surface area (TPSA) is 103 Å². The SMILES string of the molecule is CCOC(=O)[C@H](CCCCNC(=O)OC)NC(=O)OC. The van der Waals surface area contributed by atoms with Gasteiger partial charge in [0.1, 0.15) is 6.04 Å². The molecule has 1 atom stereocenters. The van der Waals surface area contributed by atoms with E-state index in [1.54, 1.807) is 6.92 Å². The number of methoxy groups -OCH3 is 2. The number of carbonyl (C=O) groups excluding carboxylic acids is 3. The summed E-state index contributed by atoms with van der Waals surface area (Å²) >= 11 is 0. The van der Waals surface area contributed by atoms with Gasteiger partial charge in [-0.2, -0.15) is 0 Å². The number of nitrogens with one attached hydrogen (secondary N) is 2. The van der Waals surface area contributed by atoms with Gasteiger partial charge in [-0.1, -0.05) is 0 Å². The first-order valence-electron chi connectivity index (χ1n) is 6.38. The molecule has 0 aromatic rings. The zero-order chi connectivity index (χ0) is 15.4. The smallest absolute Gasteiger partial charge is 0.407 e. The van der Waals surface area contributed by atoms with Crippen LogP contribution in [0.5, 0.6) is 0 Å². The van der Waals surface area contributed by atoms with Crippen LogP contribution >= 0.6 is 0 Å². The summed E-state index contributed by atoms with van der Waals surface area (Å²) < 4.78 is 13.7. The molecule has 0 saturated heterocycles. The Morgan fingerprint density at radius 1 is 1.05 bits per heavy atom. The number of carbonyl (C=O) groups is 3. The third-order valence-electron chi connectivity index (χ3n) is 2.42. The first-order valence-corrected chi connectivity index (χ1v) is 6.38. The molecule has 8 heteroatoms. The van der Waals surface area contributed by atoms with Crippen molar-refractivity contribution in [1.29, 1.82) is 0 Å². The second-order valence-corrected chi connectivity index (χ2v) is 3.85. The van der Waals surface area contributed by atoms with Gasteiger partial charge in [0.15, 0.2) is 0 Å². The van der Waals surface area contributed by atoms with Crippen LogP contribution in [-0.4, -0.2) is 51.6 Å². The van der Waals surface area contributed by atoms with E-state index in [4.69, 9.17) is 4.74 Å². The van der Waals surface area contributed by atoms with Crippen LogP contribution in [0, 0.1) is 0 Å². The highest BCUT2D eigenvalue weighted by Gasteiger charge is 2.21. The molecule has 20 heavy (non-hydrogen) atoms. The van der Waals surface area contributed by atoms with Gasteiger partial charge < -0.3 is 24.8 Å². The highest BCUT2D eigenvalue weighted by atomic mass is 16.5. The summed E-state index contributed by atoms with van der Waals surface area (Å²) in [6.45, 7) is 2.36. The van der Waals surface area contributed by atoms with Gasteiger partial charge in [-0.05, 0) is 26.2 Å². The Balaban J connectivity index is 4.06. The number of unbranched alkanes of at least 4 members (excludes halogenated alkanes) is 1. The van der Waals surface area contributed by atoms with Crippen LogP contribution in [0.3, 0.4) is 0 Å². The molecule has 0 aliphatic carbocycles. The van der Waals surface area contributed by atoms with Gasteiger partial charge in [-0.15, -0.1) is 0 Å². The molecule has 0 unspecified atom stereocenters. The zero-order valence-electron chi connectivity index (χ0n) is 12.1. The lowest BCUT2D eigenvalue weighted by Gasteiger charge is -2.16. The summed E-state index contributed by atoms with van der Waals surface area (Å²) in [5, 5.41) is 4.94. The molecule has 116 valence electrons. The molecular formula is C12H22N2O6. The molecule has 0 aliphatic rings. The van der Waals surface area contributed by atoms with Crippen LogP contribution < -0.4 is 10.6 Å². The molecule has 0 fully saturated rings. The predicted molar refractivity (Wildman–Crippen MR) is 70.2 cm³/mol. The lowest BCUT2D eigenvalue weighted by atomic mass is 10.1. The Hall–Kier alpha value is -1.99. The maximum absolute atomic E-state index is 11.6. The van der Waals surface area contributed by atoms with Gasteiger partial charge >= 0.3 is 18.2 Å². The summed E-state index contributed by atoms with van der Waals surface area (Å²) in [5.74, 6) is -0.501. The van der Waals surface area contributed by atoms with Gasteiger partial charge in [-0.25, -0.2) is 14.4 Å². The van der Waals surface area contributed by atoms with Crippen molar-refractivity contribution in [3.63, 3.8) is 0 Å². The van der Waals surface area contributed by atoms with Gasteiger partial charge in [0.25, 0.3) is 0 Å². The second-order valence-electron chi connectivity index (χ2n) is 3.85. The molecule has 0 aromatic heterocycles. The third kappa shape index (κ3) is 8.17. The van der Waals surface area contributed by atoms with Crippen LogP contribution in [0.4, 0.5) is 9.59 Å². The van der Waals surface area contributed by atoms with Crippen LogP contribution in [-0.2, 0) is 19.0 Å². The van der Waals surface area contributed by atoms with Crippen molar-refractivity contribution in [3.8, 4) is 0 Å². The highest BCUT2D eigenvalue weighted by Crippen LogP contribution is 2.03. The van der Waals surface area contributed by atoms with Crippen LogP contribution in [0.25, 0.3) is 0 Å². The Bertz CT molecular complexity index is 321. The normalized spacial score (nSPS) is 11.2. The van der Waals surface area contributed by atoms with Crippen LogP contribution in [0.1, 0.15) is 26.2 Å². The number of ether oxygens (including phenoxy) is 3. The van der Waals surface area contributed by atoms with E-state index in [0.29, 0.717) is 25.8 Å². The van der Waals surface area contributed by atoms with E-state index in [1.807, 2.05) is 0 Å².